The van der Waals surface area contributed by atoms with Crippen molar-refractivity contribution < 1.29 is 5.11 Å². The first-order valence-corrected chi connectivity index (χ1v) is 4.66. The van der Waals surface area contributed by atoms with Gasteiger partial charge < -0.3 is 5.11 Å². The molecule has 1 nitrogen and oxygen atoms in total. The van der Waals surface area contributed by atoms with Crippen LogP contribution in [0.1, 0.15) is 25.0 Å². The fourth-order valence-electron chi connectivity index (χ4n) is 1.09. The van der Waals surface area contributed by atoms with Crippen LogP contribution >= 0.6 is 11.6 Å². The Balaban J connectivity index is 2.66. The van der Waals surface area contributed by atoms with Gasteiger partial charge in [0.2, 0.25) is 0 Å². The van der Waals surface area contributed by atoms with E-state index < -0.39 is 6.10 Å². The van der Waals surface area contributed by atoms with Crippen molar-refractivity contribution in [1.29, 1.82) is 0 Å². The number of hydrogen-bond acceptors (Lipinski definition) is 1. The van der Waals surface area contributed by atoms with E-state index >= 15 is 0 Å². The smallest absolute Gasteiger partial charge is 0.0824 e. The van der Waals surface area contributed by atoms with E-state index in [0.717, 1.165) is 5.56 Å². The maximum absolute atomic E-state index is 9.65. The Kier molecular flexibility index (Phi) is 4.00. The van der Waals surface area contributed by atoms with Gasteiger partial charge in [-0.05, 0) is 31.0 Å². The van der Waals surface area contributed by atoms with Gasteiger partial charge >= 0.3 is 0 Å². The zero-order chi connectivity index (χ0) is 9.68. The van der Waals surface area contributed by atoms with Gasteiger partial charge in [0, 0.05) is 5.02 Å². The van der Waals surface area contributed by atoms with Crippen molar-refractivity contribution >= 4 is 11.6 Å². The first-order valence-electron chi connectivity index (χ1n) is 4.28. The summed E-state index contributed by atoms with van der Waals surface area (Å²) in [6.45, 7) is 1.94. The van der Waals surface area contributed by atoms with Crippen molar-refractivity contribution in [2.75, 3.05) is 0 Å². The van der Waals surface area contributed by atoms with Crippen LogP contribution in [-0.4, -0.2) is 5.11 Å². The minimum absolute atomic E-state index is 0.423. The fraction of sp³-hybridized carbons (Fsp3) is 0.273. The Morgan fingerprint density at radius 3 is 2.54 bits per heavy atom. The van der Waals surface area contributed by atoms with Crippen LogP contribution in [0.4, 0.5) is 0 Å². The van der Waals surface area contributed by atoms with E-state index in [9.17, 15) is 5.11 Å². The predicted octanol–water partition coefficient (Wildman–Crippen LogP) is 3.34. The average molecular weight is 197 g/mol. The van der Waals surface area contributed by atoms with Crippen molar-refractivity contribution in [3.8, 4) is 0 Å². The predicted molar refractivity (Wildman–Crippen MR) is 55.8 cm³/mol. The van der Waals surface area contributed by atoms with E-state index in [1.807, 2.05) is 31.2 Å². The molecular formula is C11H13ClO. The molecule has 1 rings (SSSR count). The summed E-state index contributed by atoms with van der Waals surface area (Å²) in [6, 6.07) is 7.26. The lowest BCUT2D eigenvalue weighted by Gasteiger charge is -2.07. The summed E-state index contributed by atoms with van der Waals surface area (Å²) >= 11 is 5.73. The first-order chi connectivity index (χ1) is 6.24. The van der Waals surface area contributed by atoms with Crippen LogP contribution in [0.15, 0.2) is 36.4 Å². The summed E-state index contributed by atoms with van der Waals surface area (Å²) in [5.41, 5.74) is 0.905. The zero-order valence-corrected chi connectivity index (χ0v) is 8.33. The van der Waals surface area contributed by atoms with Crippen molar-refractivity contribution in [1.82, 2.24) is 0 Å². The van der Waals surface area contributed by atoms with Gasteiger partial charge in [-0.15, -0.1) is 0 Å². The molecule has 0 fully saturated rings. The van der Waals surface area contributed by atoms with Gasteiger partial charge in [0.15, 0.2) is 0 Å². The minimum atomic E-state index is -0.423. The molecule has 0 aliphatic heterocycles. The van der Waals surface area contributed by atoms with Gasteiger partial charge in [-0.25, -0.2) is 0 Å². The van der Waals surface area contributed by atoms with Gasteiger partial charge in [-0.2, -0.15) is 0 Å². The highest BCUT2D eigenvalue weighted by Crippen LogP contribution is 2.19. The molecule has 0 saturated carbocycles. The molecule has 1 aromatic carbocycles. The third kappa shape index (κ3) is 3.21. The number of hydrogen-bond donors (Lipinski definition) is 1. The standard InChI is InChI=1S/C11H13ClO/c1-2-3-4-11(13)9-5-7-10(12)8-6-9/h2-3,5-8,11,13H,4H2,1H3/b3-2+. The molecule has 0 aromatic heterocycles. The van der Waals surface area contributed by atoms with Crippen LogP contribution in [0.3, 0.4) is 0 Å². The molecule has 0 aliphatic carbocycles. The Labute approximate surface area is 83.7 Å². The molecule has 1 N–H and O–H groups in total. The Morgan fingerprint density at radius 2 is 2.00 bits per heavy atom. The van der Waals surface area contributed by atoms with Gasteiger partial charge in [0.25, 0.3) is 0 Å². The number of aliphatic hydroxyl groups is 1. The Bertz CT molecular complexity index is 277. The number of halogens is 1. The molecule has 0 aliphatic rings. The van der Waals surface area contributed by atoms with E-state index in [0.29, 0.717) is 11.4 Å². The molecule has 13 heavy (non-hydrogen) atoms. The lowest BCUT2D eigenvalue weighted by molar-refractivity contribution is 0.181. The third-order valence-electron chi connectivity index (χ3n) is 1.85. The van der Waals surface area contributed by atoms with Crippen LogP contribution in [0.2, 0.25) is 5.02 Å². The summed E-state index contributed by atoms with van der Waals surface area (Å²) in [7, 11) is 0. The average Bonchev–Trinajstić information content (AvgIpc) is 2.15. The maximum Gasteiger partial charge on any atom is 0.0824 e. The van der Waals surface area contributed by atoms with E-state index in [1.54, 1.807) is 12.1 Å². The highest BCUT2D eigenvalue weighted by Gasteiger charge is 2.03. The summed E-state index contributed by atoms with van der Waals surface area (Å²) in [5.74, 6) is 0. The van der Waals surface area contributed by atoms with Gasteiger partial charge in [0.05, 0.1) is 6.10 Å². The molecule has 1 atom stereocenters. The monoisotopic (exact) mass is 196 g/mol. The summed E-state index contributed by atoms with van der Waals surface area (Å²) in [6.07, 6.45) is 4.10. The Hall–Kier alpha value is -0.790. The molecule has 2 heteroatoms. The lowest BCUT2D eigenvalue weighted by Crippen LogP contribution is -1.94. The van der Waals surface area contributed by atoms with Crippen LogP contribution in [-0.2, 0) is 0 Å². The molecule has 0 bridgehead atoms. The molecule has 0 saturated heterocycles. The normalized spacial score (nSPS) is 13.5. The van der Waals surface area contributed by atoms with Crippen molar-refractivity contribution in [2.24, 2.45) is 0 Å². The largest absolute Gasteiger partial charge is 0.388 e. The Morgan fingerprint density at radius 1 is 1.38 bits per heavy atom. The van der Waals surface area contributed by atoms with Crippen LogP contribution in [0.25, 0.3) is 0 Å². The van der Waals surface area contributed by atoms with E-state index in [1.165, 1.54) is 0 Å². The molecule has 0 spiro atoms. The highest BCUT2D eigenvalue weighted by molar-refractivity contribution is 6.30. The number of benzene rings is 1. The molecule has 1 unspecified atom stereocenters. The first kappa shape index (κ1) is 10.3. The fourth-order valence-corrected chi connectivity index (χ4v) is 1.21. The van der Waals surface area contributed by atoms with E-state index in [4.69, 9.17) is 11.6 Å². The molecule has 1 aromatic rings. The summed E-state index contributed by atoms with van der Waals surface area (Å²) in [5, 5.41) is 10.3. The van der Waals surface area contributed by atoms with Gasteiger partial charge in [-0.1, -0.05) is 35.9 Å². The lowest BCUT2D eigenvalue weighted by atomic mass is 10.1. The topological polar surface area (TPSA) is 20.2 Å². The minimum Gasteiger partial charge on any atom is -0.388 e. The third-order valence-corrected chi connectivity index (χ3v) is 2.10. The second-order valence-corrected chi connectivity index (χ2v) is 3.31. The second kappa shape index (κ2) is 5.05. The number of allylic oxidation sites excluding steroid dienone is 1. The molecule has 70 valence electrons. The van der Waals surface area contributed by atoms with Crippen LogP contribution in [0.5, 0.6) is 0 Å². The van der Waals surface area contributed by atoms with Crippen LogP contribution < -0.4 is 0 Å². The van der Waals surface area contributed by atoms with Gasteiger partial charge in [0.1, 0.15) is 0 Å². The second-order valence-electron chi connectivity index (χ2n) is 2.87. The van der Waals surface area contributed by atoms with Crippen molar-refractivity contribution in [3.05, 3.63) is 47.0 Å². The molecule has 0 heterocycles. The van der Waals surface area contributed by atoms with Crippen molar-refractivity contribution in [2.45, 2.75) is 19.4 Å². The van der Waals surface area contributed by atoms with Crippen LogP contribution in [0, 0.1) is 0 Å². The number of aliphatic hydroxyl groups excluding tert-OH is 1. The summed E-state index contributed by atoms with van der Waals surface area (Å²) < 4.78 is 0. The van der Waals surface area contributed by atoms with Crippen molar-refractivity contribution in [3.63, 3.8) is 0 Å². The number of rotatable bonds is 3. The SMILES string of the molecule is C/C=C/CC(O)c1ccc(Cl)cc1. The molecule has 0 radical (unpaired) electrons. The zero-order valence-electron chi connectivity index (χ0n) is 7.57. The summed E-state index contributed by atoms with van der Waals surface area (Å²) in [4.78, 5) is 0. The highest BCUT2D eigenvalue weighted by atomic mass is 35.5. The maximum atomic E-state index is 9.65. The quantitative estimate of drug-likeness (QED) is 0.736. The van der Waals surface area contributed by atoms with E-state index in [2.05, 4.69) is 0 Å². The molecule has 0 amide bonds. The molecular weight excluding hydrogens is 184 g/mol. The van der Waals surface area contributed by atoms with Gasteiger partial charge in [-0.3, -0.25) is 0 Å². The van der Waals surface area contributed by atoms with E-state index in [-0.39, 0.29) is 0 Å².